The molecule has 0 aliphatic carbocycles. The molecule has 2 aliphatic heterocycles. The Bertz CT molecular complexity index is 275. The molecule has 0 radical (unpaired) electrons. The van der Waals surface area contributed by atoms with Crippen LogP contribution in [0.2, 0.25) is 0 Å². The normalized spacial score (nSPS) is 50.2. The average molecular weight is 266 g/mol. The number of hydrogen-bond acceptors (Lipinski definition) is 8. The van der Waals surface area contributed by atoms with E-state index in [-0.39, 0.29) is 19.8 Å². The highest BCUT2D eigenvalue weighted by atomic mass is 16.7. The summed E-state index contributed by atoms with van der Waals surface area (Å²) in [6.45, 7) is -0.130. The van der Waals surface area contributed by atoms with Gasteiger partial charge in [0, 0.05) is 0 Å². The molecule has 106 valence electrons. The third kappa shape index (κ3) is 2.81. The summed E-state index contributed by atoms with van der Waals surface area (Å²) in [7, 11) is 0. The highest BCUT2D eigenvalue weighted by molar-refractivity contribution is 4.86. The van der Waals surface area contributed by atoms with Crippen molar-refractivity contribution in [3.8, 4) is 0 Å². The molecule has 0 aromatic rings. The minimum atomic E-state index is -1.43. The number of ether oxygens (including phenoxy) is 3. The lowest BCUT2D eigenvalue weighted by Gasteiger charge is -2.39. The van der Waals surface area contributed by atoms with Crippen molar-refractivity contribution < 1.29 is 39.7 Å². The molecule has 0 amide bonds. The van der Waals surface area contributed by atoms with Gasteiger partial charge in [0.25, 0.3) is 0 Å². The van der Waals surface area contributed by atoms with Crippen LogP contribution >= 0.6 is 0 Å². The summed E-state index contributed by atoms with van der Waals surface area (Å²) < 4.78 is 15.3. The van der Waals surface area contributed by atoms with Crippen LogP contribution in [0.4, 0.5) is 0 Å². The zero-order valence-electron chi connectivity index (χ0n) is 9.62. The van der Waals surface area contributed by atoms with Crippen molar-refractivity contribution in [3.05, 3.63) is 0 Å². The van der Waals surface area contributed by atoms with Gasteiger partial charge in [0.1, 0.15) is 36.6 Å². The van der Waals surface area contributed by atoms with Crippen LogP contribution in [-0.4, -0.2) is 88.3 Å². The second-order valence-electron chi connectivity index (χ2n) is 4.52. The maximum absolute atomic E-state index is 9.67. The molecule has 0 saturated carbocycles. The van der Waals surface area contributed by atoms with Crippen molar-refractivity contribution in [1.82, 2.24) is 0 Å². The molecule has 2 aliphatic rings. The number of rotatable bonds is 2. The van der Waals surface area contributed by atoms with Gasteiger partial charge in [0.05, 0.1) is 19.8 Å². The molecule has 2 heterocycles. The Morgan fingerprint density at radius 3 is 2.17 bits per heavy atom. The highest BCUT2D eigenvalue weighted by Gasteiger charge is 2.42. The molecule has 0 bridgehead atoms. The van der Waals surface area contributed by atoms with Gasteiger partial charge in [-0.3, -0.25) is 0 Å². The number of aliphatic hydroxyl groups is 5. The zero-order chi connectivity index (χ0) is 13.3. The van der Waals surface area contributed by atoms with Gasteiger partial charge in [-0.15, -0.1) is 0 Å². The van der Waals surface area contributed by atoms with Crippen molar-refractivity contribution in [2.75, 3.05) is 19.8 Å². The van der Waals surface area contributed by atoms with E-state index in [1.54, 1.807) is 0 Å². The van der Waals surface area contributed by atoms with Crippen molar-refractivity contribution in [2.45, 2.75) is 42.9 Å². The molecule has 0 aromatic carbocycles. The van der Waals surface area contributed by atoms with Crippen molar-refractivity contribution in [3.63, 3.8) is 0 Å². The lowest BCUT2D eigenvalue weighted by molar-refractivity contribution is -0.304. The van der Waals surface area contributed by atoms with Crippen LogP contribution in [-0.2, 0) is 14.2 Å². The van der Waals surface area contributed by atoms with Crippen molar-refractivity contribution in [2.24, 2.45) is 0 Å². The second kappa shape index (κ2) is 5.76. The summed E-state index contributed by atoms with van der Waals surface area (Å²) in [6, 6.07) is 0. The van der Waals surface area contributed by atoms with Gasteiger partial charge in [-0.25, -0.2) is 0 Å². The Labute approximate surface area is 103 Å². The average Bonchev–Trinajstić information content (AvgIpc) is 2.35. The minimum absolute atomic E-state index is 0.0104. The second-order valence-corrected chi connectivity index (χ2v) is 4.52. The van der Waals surface area contributed by atoms with Gasteiger partial charge in [-0.05, 0) is 0 Å². The van der Waals surface area contributed by atoms with Crippen molar-refractivity contribution in [1.29, 1.82) is 0 Å². The Balaban J connectivity index is 1.92. The SMILES string of the molecule is O[C@@H]1[C@@H](O)[C@H](O[C@@H]2COC[C@H](O)[C@H]2O)OC[C@H]1O. The summed E-state index contributed by atoms with van der Waals surface area (Å²) in [5.74, 6) is 0. The van der Waals surface area contributed by atoms with Gasteiger partial charge < -0.3 is 39.7 Å². The van der Waals surface area contributed by atoms with Gasteiger partial charge in [0.15, 0.2) is 6.29 Å². The topological polar surface area (TPSA) is 129 Å². The predicted octanol–water partition coefficient (Wildman–Crippen LogP) is -3.44. The fourth-order valence-electron chi connectivity index (χ4n) is 1.94. The van der Waals surface area contributed by atoms with Crippen LogP contribution in [0.15, 0.2) is 0 Å². The van der Waals surface area contributed by atoms with E-state index in [2.05, 4.69) is 0 Å². The first kappa shape index (κ1) is 14.1. The highest BCUT2D eigenvalue weighted by Crippen LogP contribution is 2.21. The molecule has 7 atom stereocenters. The molecular formula is C10H18O8. The summed E-state index contributed by atoms with van der Waals surface area (Å²) >= 11 is 0. The van der Waals surface area contributed by atoms with Crippen LogP contribution in [0.3, 0.4) is 0 Å². The lowest BCUT2D eigenvalue weighted by Crippen LogP contribution is -2.57. The third-order valence-electron chi connectivity index (χ3n) is 3.11. The van der Waals surface area contributed by atoms with Crippen LogP contribution in [0.5, 0.6) is 0 Å². The molecular weight excluding hydrogens is 248 g/mol. The lowest BCUT2D eigenvalue weighted by atomic mass is 10.0. The maximum Gasteiger partial charge on any atom is 0.186 e. The van der Waals surface area contributed by atoms with Gasteiger partial charge in [-0.1, -0.05) is 0 Å². The molecule has 8 nitrogen and oxygen atoms in total. The largest absolute Gasteiger partial charge is 0.388 e. The predicted molar refractivity (Wildman–Crippen MR) is 55.5 cm³/mol. The molecule has 0 unspecified atom stereocenters. The first-order valence-corrected chi connectivity index (χ1v) is 5.76. The van der Waals surface area contributed by atoms with Crippen molar-refractivity contribution >= 4 is 0 Å². The van der Waals surface area contributed by atoms with E-state index < -0.39 is 42.9 Å². The monoisotopic (exact) mass is 266 g/mol. The molecule has 5 N–H and O–H groups in total. The van der Waals surface area contributed by atoms with E-state index >= 15 is 0 Å². The Kier molecular flexibility index (Phi) is 4.51. The fourth-order valence-corrected chi connectivity index (χ4v) is 1.94. The Hall–Kier alpha value is -0.320. The molecule has 2 rings (SSSR count). The van der Waals surface area contributed by atoms with Gasteiger partial charge in [0.2, 0.25) is 0 Å². The smallest absolute Gasteiger partial charge is 0.186 e. The van der Waals surface area contributed by atoms with Gasteiger partial charge in [-0.2, -0.15) is 0 Å². The Morgan fingerprint density at radius 2 is 1.44 bits per heavy atom. The zero-order valence-corrected chi connectivity index (χ0v) is 9.62. The maximum atomic E-state index is 9.67. The summed E-state index contributed by atoms with van der Waals surface area (Å²) in [5, 5.41) is 47.4. The molecule has 0 aromatic heterocycles. The van der Waals surface area contributed by atoms with Gasteiger partial charge >= 0.3 is 0 Å². The van der Waals surface area contributed by atoms with E-state index in [1.807, 2.05) is 0 Å². The van der Waals surface area contributed by atoms with Crippen LogP contribution in [0, 0.1) is 0 Å². The molecule has 2 saturated heterocycles. The number of aliphatic hydroxyl groups excluding tert-OH is 5. The quantitative estimate of drug-likeness (QED) is 0.349. The Morgan fingerprint density at radius 1 is 0.778 bits per heavy atom. The van der Waals surface area contributed by atoms with E-state index in [1.165, 1.54) is 0 Å². The first-order valence-electron chi connectivity index (χ1n) is 5.76. The molecule has 2 fully saturated rings. The van der Waals surface area contributed by atoms with Crippen LogP contribution in [0.25, 0.3) is 0 Å². The molecule has 8 heteroatoms. The third-order valence-corrected chi connectivity index (χ3v) is 3.11. The van der Waals surface area contributed by atoms with E-state index in [0.29, 0.717) is 0 Å². The first-order chi connectivity index (χ1) is 8.50. The minimum Gasteiger partial charge on any atom is -0.388 e. The number of hydrogen-bond donors (Lipinski definition) is 5. The van der Waals surface area contributed by atoms with E-state index in [4.69, 9.17) is 14.2 Å². The summed E-state index contributed by atoms with van der Waals surface area (Å²) in [5.41, 5.74) is 0. The van der Waals surface area contributed by atoms with Crippen LogP contribution < -0.4 is 0 Å². The summed E-state index contributed by atoms with van der Waals surface area (Å²) in [4.78, 5) is 0. The summed E-state index contributed by atoms with van der Waals surface area (Å²) in [6.07, 6.45) is -8.26. The van der Waals surface area contributed by atoms with E-state index in [9.17, 15) is 25.5 Å². The fraction of sp³-hybridized carbons (Fsp3) is 1.00. The van der Waals surface area contributed by atoms with Crippen LogP contribution in [0.1, 0.15) is 0 Å². The molecule has 0 spiro atoms. The van der Waals surface area contributed by atoms with E-state index in [0.717, 1.165) is 0 Å². The molecule has 18 heavy (non-hydrogen) atoms. The standard InChI is InChI=1S/C10H18O8/c11-4-1-16-3-6(7(4)13)18-10-9(15)8(14)5(12)2-17-10/h4-15H,1-3H2/t4-,5+,6+,7+,8-,9+,10-/m0/s1.